The van der Waals surface area contributed by atoms with Crippen molar-refractivity contribution in [2.24, 2.45) is 0 Å². The van der Waals surface area contributed by atoms with Gasteiger partial charge in [-0.25, -0.2) is 14.4 Å². The van der Waals surface area contributed by atoms with Crippen molar-refractivity contribution in [3.8, 4) is 0 Å². The van der Waals surface area contributed by atoms with Gasteiger partial charge in [0.15, 0.2) is 0 Å². The van der Waals surface area contributed by atoms with Gasteiger partial charge in [0.2, 0.25) is 0 Å². The van der Waals surface area contributed by atoms with E-state index in [-0.39, 0.29) is 38.8 Å². The Morgan fingerprint density at radius 3 is 1.82 bits per heavy atom. The van der Waals surface area contributed by atoms with Crippen LogP contribution in [0.25, 0.3) is 0 Å². The number of carbonyl (C=O) groups is 4. The molecule has 0 bridgehead atoms. The Hall–Kier alpha value is -2.84. The number of carbonyl (C=O) groups excluding carboxylic acids is 4. The van der Waals surface area contributed by atoms with Crippen molar-refractivity contribution in [3.63, 3.8) is 0 Å². The van der Waals surface area contributed by atoms with E-state index in [4.69, 9.17) is 18.9 Å². The van der Waals surface area contributed by atoms with E-state index < -0.39 is 18.0 Å². The molecule has 0 aliphatic heterocycles. The summed E-state index contributed by atoms with van der Waals surface area (Å²) in [4.78, 5) is 44.4. The first-order valence-electron chi connectivity index (χ1n) is 9.14. The number of nitrogens with one attached hydrogen (secondary N) is 1. The van der Waals surface area contributed by atoms with Crippen LogP contribution in [-0.4, -0.2) is 57.0 Å². The van der Waals surface area contributed by atoms with Crippen molar-refractivity contribution in [2.45, 2.75) is 38.5 Å². The van der Waals surface area contributed by atoms with E-state index in [9.17, 15) is 19.2 Å². The van der Waals surface area contributed by atoms with Crippen LogP contribution in [0.3, 0.4) is 0 Å². The van der Waals surface area contributed by atoms with Gasteiger partial charge in [0, 0.05) is 18.6 Å². The van der Waals surface area contributed by atoms with Crippen LogP contribution >= 0.6 is 0 Å². The van der Waals surface area contributed by atoms with Crippen LogP contribution in [-0.2, 0) is 33.3 Å². The third kappa shape index (κ3) is 16.6. The number of unbranched alkanes of at least 4 members (excludes halogenated alkanes) is 3. The third-order valence-corrected chi connectivity index (χ3v) is 3.25. The van der Waals surface area contributed by atoms with Crippen LogP contribution in [0.2, 0.25) is 0 Å². The topological polar surface area (TPSA) is 117 Å². The second kappa shape index (κ2) is 17.6. The predicted molar refractivity (Wildman–Crippen MR) is 100 cm³/mol. The van der Waals surface area contributed by atoms with Gasteiger partial charge in [-0.2, -0.15) is 0 Å². The van der Waals surface area contributed by atoms with Crippen LogP contribution in [0.15, 0.2) is 25.3 Å². The Morgan fingerprint density at radius 2 is 1.21 bits per heavy atom. The molecule has 0 radical (unpaired) electrons. The maximum Gasteiger partial charge on any atom is 0.407 e. The summed E-state index contributed by atoms with van der Waals surface area (Å²) in [6.07, 6.45) is 5.24. The molecule has 0 rings (SSSR count). The molecule has 0 aromatic rings. The predicted octanol–water partition coefficient (Wildman–Crippen LogP) is 2.05. The van der Waals surface area contributed by atoms with Gasteiger partial charge in [-0.05, 0) is 32.1 Å². The highest BCUT2D eigenvalue weighted by Crippen LogP contribution is 2.02. The van der Waals surface area contributed by atoms with Crippen LogP contribution < -0.4 is 5.32 Å². The molecule has 0 aromatic carbocycles. The maximum absolute atomic E-state index is 11.5. The summed E-state index contributed by atoms with van der Waals surface area (Å²) < 4.78 is 19.5. The number of esters is 3. The molecule has 158 valence electrons. The van der Waals surface area contributed by atoms with E-state index in [1.807, 2.05) is 0 Å². The summed E-state index contributed by atoms with van der Waals surface area (Å²) >= 11 is 0. The van der Waals surface area contributed by atoms with Crippen LogP contribution in [0.5, 0.6) is 0 Å². The summed E-state index contributed by atoms with van der Waals surface area (Å²) in [5, 5.41) is 2.45. The second-order valence-corrected chi connectivity index (χ2v) is 5.54. The SMILES string of the molecule is C=CC(=O)OCCCC(=O)OCCCCCCOC(=O)NCCOC(=O)C=C. The molecule has 0 heterocycles. The Morgan fingerprint density at radius 1 is 0.679 bits per heavy atom. The normalized spacial score (nSPS) is 9.71. The fourth-order valence-corrected chi connectivity index (χ4v) is 1.84. The summed E-state index contributed by atoms with van der Waals surface area (Å²) in [6.45, 7) is 7.52. The highest BCUT2D eigenvalue weighted by Gasteiger charge is 2.04. The van der Waals surface area contributed by atoms with Crippen molar-refractivity contribution in [1.82, 2.24) is 5.32 Å². The zero-order valence-corrected chi connectivity index (χ0v) is 16.1. The molecule has 0 fully saturated rings. The van der Waals surface area contributed by atoms with E-state index >= 15 is 0 Å². The Labute approximate surface area is 165 Å². The lowest BCUT2D eigenvalue weighted by atomic mass is 10.2. The van der Waals surface area contributed by atoms with E-state index in [1.165, 1.54) is 0 Å². The molecule has 0 aromatic heterocycles. The largest absolute Gasteiger partial charge is 0.466 e. The van der Waals surface area contributed by atoms with Gasteiger partial charge in [0.05, 0.1) is 26.4 Å². The van der Waals surface area contributed by atoms with Gasteiger partial charge in [0.25, 0.3) is 0 Å². The number of hydrogen-bond donors (Lipinski definition) is 1. The Bertz CT molecular complexity index is 472. The lowest BCUT2D eigenvalue weighted by Crippen LogP contribution is -2.28. The molecular formula is C19H29NO8. The lowest BCUT2D eigenvalue weighted by molar-refractivity contribution is -0.145. The molecule has 0 atom stereocenters. The highest BCUT2D eigenvalue weighted by atomic mass is 16.6. The Kier molecular flexibility index (Phi) is 15.8. The smallest absolute Gasteiger partial charge is 0.407 e. The Balaban J connectivity index is 3.38. The third-order valence-electron chi connectivity index (χ3n) is 3.25. The molecule has 9 heteroatoms. The monoisotopic (exact) mass is 399 g/mol. The maximum atomic E-state index is 11.5. The van der Waals surface area contributed by atoms with Crippen LogP contribution in [0, 0.1) is 0 Å². The van der Waals surface area contributed by atoms with Crippen LogP contribution in [0.4, 0.5) is 4.79 Å². The van der Waals surface area contributed by atoms with Crippen molar-refractivity contribution in [1.29, 1.82) is 0 Å². The van der Waals surface area contributed by atoms with Crippen LogP contribution in [0.1, 0.15) is 38.5 Å². The average molecular weight is 399 g/mol. The van der Waals surface area contributed by atoms with Gasteiger partial charge in [-0.3, -0.25) is 4.79 Å². The van der Waals surface area contributed by atoms with E-state index in [0.29, 0.717) is 19.4 Å². The molecule has 0 aliphatic carbocycles. The van der Waals surface area contributed by atoms with Crippen molar-refractivity contribution < 1.29 is 38.1 Å². The number of ether oxygens (including phenoxy) is 4. The minimum Gasteiger partial charge on any atom is -0.466 e. The molecular weight excluding hydrogens is 370 g/mol. The van der Waals surface area contributed by atoms with Crippen molar-refractivity contribution >= 4 is 24.0 Å². The molecule has 0 saturated heterocycles. The van der Waals surface area contributed by atoms with E-state index in [2.05, 4.69) is 18.5 Å². The average Bonchev–Trinajstić information content (AvgIpc) is 2.69. The van der Waals surface area contributed by atoms with Crippen molar-refractivity contribution in [2.75, 3.05) is 33.0 Å². The van der Waals surface area contributed by atoms with Gasteiger partial charge in [-0.15, -0.1) is 0 Å². The van der Waals surface area contributed by atoms with E-state index in [1.54, 1.807) is 0 Å². The summed E-state index contributed by atoms with van der Waals surface area (Å²) in [7, 11) is 0. The fraction of sp³-hybridized carbons (Fsp3) is 0.579. The summed E-state index contributed by atoms with van der Waals surface area (Å²) in [5.74, 6) is -1.38. The zero-order valence-electron chi connectivity index (χ0n) is 16.1. The highest BCUT2D eigenvalue weighted by molar-refractivity contribution is 5.81. The fourth-order valence-electron chi connectivity index (χ4n) is 1.84. The zero-order chi connectivity index (χ0) is 21.0. The van der Waals surface area contributed by atoms with E-state index in [0.717, 1.165) is 31.4 Å². The molecule has 0 unspecified atom stereocenters. The standard InChI is InChI=1S/C19H29NO8/c1-3-16(21)25-14-9-10-18(23)26-12-7-5-6-8-13-28-19(24)20-11-15-27-17(22)4-2/h3-4H,1-2,5-15H2,(H,20,24). The number of hydrogen-bond acceptors (Lipinski definition) is 8. The lowest BCUT2D eigenvalue weighted by Gasteiger charge is -2.07. The van der Waals surface area contributed by atoms with Gasteiger partial charge in [-0.1, -0.05) is 13.2 Å². The first-order chi connectivity index (χ1) is 13.5. The molecule has 28 heavy (non-hydrogen) atoms. The quantitative estimate of drug-likeness (QED) is 0.181. The van der Waals surface area contributed by atoms with Gasteiger partial charge in [0.1, 0.15) is 6.61 Å². The number of alkyl carbamates (subject to hydrolysis) is 1. The van der Waals surface area contributed by atoms with Gasteiger partial charge < -0.3 is 24.3 Å². The van der Waals surface area contributed by atoms with Crippen molar-refractivity contribution in [3.05, 3.63) is 25.3 Å². The molecule has 1 amide bonds. The summed E-state index contributed by atoms with van der Waals surface area (Å²) in [5.41, 5.74) is 0. The minimum absolute atomic E-state index is 0.0542. The molecule has 9 nitrogen and oxygen atoms in total. The minimum atomic E-state index is -0.567. The van der Waals surface area contributed by atoms with Gasteiger partial charge >= 0.3 is 24.0 Å². The molecule has 0 spiro atoms. The molecule has 0 saturated carbocycles. The second-order valence-electron chi connectivity index (χ2n) is 5.54. The number of rotatable bonds is 16. The molecule has 0 aliphatic rings. The first-order valence-corrected chi connectivity index (χ1v) is 9.14. The first kappa shape index (κ1) is 25.2. The number of amides is 1. The summed E-state index contributed by atoms with van der Waals surface area (Å²) in [6, 6.07) is 0. The molecule has 1 N–H and O–H groups in total.